The molecular weight excluding hydrogens is 362 g/mol. The number of alkyl halides is 2. The van der Waals surface area contributed by atoms with Crippen LogP contribution in [0.1, 0.15) is 0 Å². The van der Waals surface area contributed by atoms with Crippen molar-refractivity contribution in [1.29, 1.82) is 5.41 Å². The number of hydrogen-bond acceptors (Lipinski definition) is 5. The molecule has 1 atom stereocenters. The molecule has 25 heavy (non-hydrogen) atoms. The molecule has 3 N–H and O–H groups in total. The van der Waals surface area contributed by atoms with E-state index in [9.17, 15) is 18.4 Å². The van der Waals surface area contributed by atoms with Crippen LogP contribution < -0.4 is 15.4 Å². The Kier molecular flexibility index (Phi) is 6.34. The zero-order chi connectivity index (χ0) is 18.4. The molecule has 8 nitrogen and oxygen atoms in total. The Morgan fingerprint density at radius 2 is 2.28 bits per heavy atom. The van der Waals surface area contributed by atoms with Gasteiger partial charge in [0.2, 0.25) is 0 Å². The number of urea groups is 1. The average Bonchev–Trinajstić information content (AvgIpc) is 2.96. The first-order valence-electron chi connectivity index (χ1n) is 7.14. The van der Waals surface area contributed by atoms with Crippen molar-refractivity contribution in [2.24, 2.45) is 0 Å². The number of cyclic esters (lactones) is 1. The topological polar surface area (TPSA) is 104 Å². The van der Waals surface area contributed by atoms with Crippen LogP contribution in [0.4, 0.5) is 24.1 Å². The smallest absolute Gasteiger partial charge is 0.410 e. The summed E-state index contributed by atoms with van der Waals surface area (Å²) in [5, 5.41) is 12.2. The minimum atomic E-state index is -3.00. The van der Waals surface area contributed by atoms with Crippen LogP contribution in [0.3, 0.4) is 0 Å². The molecule has 1 aliphatic heterocycles. The number of hydrogen-bond donors (Lipinski definition) is 3. The Hall–Kier alpha value is -2.62. The van der Waals surface area contributed by atoms with Crippen LogP contribution >= 0.6 is 11.6 Å². The van der Waals surface area contributed by atoms with E-state index >= 15 is 0 Å². The molecule has 136 valence electrons. The number of nitrogens with one attached hydrogen (secondary N) is 3. The molecule has 0 spiro atoms. The summed E-state index contributed by atoms with van der Waals surface area (Å²) in [6.45, 7) is -2.43. The van der Waals surface area contributed by atoms with E-state index in [0.717, 1.165) is 6.21 Å². The van der Waals surface area contributed by atoms with E-state index in [4.69, 9.17) is 21.7 Å². The average molecular weight is 377 g/mol. The van der Waals surface area contributed by atoms with Crippen LogP contribution in [-0.4, -0.2) is 55.6 Å². The number of rotatable bonds is 7. The third kappa shape index (κ3) is 5.18. The van der Waals surface area contributed by atoms with E-state index < -0.39 is 24.8 Å². The summed E-state index contributed by atoms with van der Waals surface area (Å²) in [7, 11) is 0. The highest BCUT2D eigenvalue weighted by atomic mass is 35.5. The number of amides is 3. The fourth-order valence-corrected chi connectivity index (χ4v) is 2.33. The lowest BCUT2D eigenvalue weighted by molar-refractivity contribution is -0.0497. The number of nitrogens with zero attached hydrogens (tertiary/aromatic N) is 1. The van der Waals surface area contributed by atoms with E-state index in [2.05, 4.69) is 15.4 Å². The maximum atomic E-state index is 12.2. The lowest BCUT2D eigenvalue weighted by Crippen LogP contribution is -2.46. The van der Waals surface area contributed by atoms with Crippen molar-refractivity contribution in [2.75, 3.05) is 25.0 Å². The SMILES string of the molecule is N=CC(CNC(=O)Nc1ccc(OC(F)F)c(Cl)c1)N1CCOC1=O. The number of carbonyl (C=O) groups excluding carboxylic acids is 2. The number of halogens is 3. The number of anilines is 1. The number of benzene rings is 1. The second kappa shape index (κ2) is 8.47. The standard InChI is InChI=1S/C14H15ClF2N4O4/c15-10-5-8(1-2-11(10)25-12(16)17)20-13(22)19-7-9(6-18)21-3-4-24-14(21)23/h1-2,5-6,9,12,18H,3-4,7H2,(H2,19,20,22). The molecule has 1 saturated heterocycles. The Labute approximate surface area is 146 Å². The minimum absolute atomic E-state index is 0.00470. The van der Waals surface area contributed by atoms with Gasteiger partial charge in [-0.15, -0.1) is 0 Å². The summed E-state index contributed by atoms with van der Waals surface area (Å²) < 4.78 is 33.3. The largest absolute Gasteiger partial charge is 0.448 e. The van der Waals surface area contributed by atoms with Crippen LogP contribution in [-0.2, 0) is 4.74 Å². The molecule has 1 heterocycles. The van der Waals surface area contributed by atoms with Gasteiger partial charge in [0, 0.05) is 18.4 Å². The van der Waals surface area contributed by atoms with Gasteiger partial charge in [-0.05, 0) is 18.2 Å². The van der Waals surface area contributed by atoms with Gasteiger partial charge in [0.1, 0.15) is 12.4 Å². The van der Waals surface area contributed by atoms with Gasteiger partial charge in [0.05, 0.1) is 17.6 Å². The van der Waals surface area contributed by atoms with Gasteiger partial charge in [-0.2, -0.15) is 8.78 Å². The molecule has 1 fully saturated rings. The highest BCUT2D eigenvalue weighted by molar-refractivity contribution is 6.32. The maximum absolute atomic E-state index is 12.2. The highest BCUT2D eigenvalue weighted by Crippen LogP contribution is 2.28. The first-order chi connectivity index (χ1) is 11.9. The van der Waals surface area contributed by atoms with Crippen molar-refractivity contribution >= 4 is 35.6 Å². The Bertz CT molecular complexity index is 662. The number of ether oxygens (including phenoxy) is 2. The lowest BCUT2D eigenvalue weighted by Gasteiger charge is -2.21. The predicted octanol–water partition coefficient (Wildman–Crippen LogP) is 2.53. The Balaban J connectivity index is 1.88. The van der Waals surface area contributed by atoms with Crippen molar-refractivity contribution in [2.45, 2.75) is 12.7 Å². The minimum Gasteiger partial charge on any atom is -0.448 e. The molecule has 0 aliphatic carbocycles. The molecular formula is C14H15ClF2N4O4. The van der Waals surface area contributed by atoms with Gasteiger partial charge < -0.3 is 25.5 Å². The van der Waals surface area contributed by atoms with Crippen LogP contribution in [0, 0.1) is 5.41 Å². The molecule has 1 unspecified atom stereocenters. The van der Waals surface area contributed by atoms with Gasteiger partial charge in [-0.1, -0.05) is 11.6 Å². The molecule has 0 saturated carbocycles. The first-order valence-corrected chi connectivity index (χ1v) is 7.51. The first kappa shape index (κ1) is 18.7. The third-order valence-corrected chi connectivity index (χ3v) is 3.56. The van der Waals surface area contributed by atoms with Gasteiger partial charge in [0.25, 0.3) is 0 Å². The fraction of sp³-hybridized carbons (Fsp3) is 0.357. The van der Waals surface area contributed by atoms with Gasteiger partial charge in [-0.3, -0.25) is 4.90 Å². The second-order valence-corrected chi connectivity index (χ2v) is 5.31. The molecule has 1 aromatic rings. The van der Waals surface area contributed by atoms with Crippen LogP contribution in [0.5, 0.6) is 5.75 Å². The van der Waals surface area contributed by atoms with E-state index in [-0.39, 0.29) is 29.6 Å². The van der Waals surface area contributed by atoms with Crippen LogP contribution in [0.25, 0.3) is 0 Å². The summed E-state index contributed by atoms with van der Waals surface area (Å²) in [5.41, 5.74) is 0.260. The molecule has 2 rings (SSSR count). The summed E-state index contributed by atoms with van der Waals surface area (Å²) in [6, 6.07) is 2.55. The lowest BCUT2D eigenvalue weighted by atomic mass is 10.3. The number of carbonyl (C=O) groups is 2. The molecule has 0 radical (unpaired) electrons. The maximum Gasteiger partial charge on any atom is 0.410 e. The molecule has 0 bridgehead atoms. The van der Waals surface area contributed by atoms with E-state index in [1.54, 1.807) is 0 Å². The Morgan fingerprint density at radius 1 is 1.52 bits per heavy atom. The third-order valence-electron chi connectivity index (χ3n) is 3.26. The molecule has 11 heteroatoms. The molecule has 1 aliphatic rings. The monoisotopic (exact) mass is 376 g/mol. The second-order valence-electron chi connectivity index (χ2n) is 4.90. The zero-order valence-electron chi connectivity index (χ0n) is 12.8. The Morgan fingerprint density at radius 3 is 2.84 bits per heavy atom. The van der Waals surface area contributed by atoms with Gasteiger partial charge in [0.15, 0.2) is 0 Å². The zero-order valence-corrected chi connectivity index (χ0v) is 13.6. The van der Waals surface area contributed by atoms with Crippen molar-refractivity contribution in [3.05, 3.63) is 23.2 Å². The van der Waals surface area contributed by atoms with Gasteiger partial charge in [-0.25, -0.2) is 9.59 Å². The van der Waals surface area contributed by atoms with E-state index in [0.29, 0.717) is 6.54 Å². The van der Waals surface area contributed by atoms with Crippen LogP contribution in [0.2, 0.25) is 5.02 Å². The molecule has 0 aromatic heterocycles. The van der Waals surface area contributed by atoms with Crippen molar-refractivity contribution in [1.82, 2.24) is 10.2 Å². The van der Waals surface area contributed by atoms with Crippen LogP contribution in [0.15, 0.2) is 18.2 Å². The fourth-order valence-electron chi connectivity index (χ4n) is 2.11. The van der Waals surface area contributed by atoms with Crippen molar-refractivity contribution in [3.8, 4) is 5.75 Å². The highest BCUT2D eigenvalue weighted by Gasteiger charge is 2.28. The quantitative estimate of drug-likeness (QED) is 0.636. The van der Waals surface area contributed by atoms with Gasteiger partial charge >= 0.3 is 18.7 Å². The van der Waals surface area contributed by atoms with Crippen molar-refractivity contribution in [3.63, 3.8) is 0 Å². The van der Waals surface area contributed by atoms with E-state index in [1.165, 1.54) is 23.1 Å². The summed E-state index contributed by atoms with van der Waals surface area (Å²) in [4.78, 5) is 24.6. The predicted molar refractivity (Wildman–Crippen MR) is 85.7 cm³/mol. The summed E-state index contributed by atoms with van der Waals surface area (Å²) in [6.07, 6.45) is 0.484. The molecule has 1 aromatic carbocycles. The summed E-state index contributed by atoms with van der Waals surface area (Å²) >= 11 is 5.79. The van der Waals surface area contributed by atoms with E-state index in [1.807, 2.05) is 0 Å². The summed E-state index contributed by atoms with van der Waals surface area (Å²) in [5.74, 6) is -0.209. The van der Waals surface area contributed by atoms with Crippen molar-refractivity contribution < 1.29 is 27.8 Å². The molecule has 3 amide bonds. The normalized spacial score (nSPS) is 14.9.